The van der Waals surface area contributed by atoms with Gasteiger partial charge in [-0.3, -0.25) is 4.98 Å². The maximum atomic E-state index is 6.03. The maximum absolute atomic E-state index is 6.03. The van der Waals surface area contributed by atoms with Gasteiger partial charge < -0.3 is 5.32 Å². The highest BCUT2D eigenvalue weighted by Gasteiger charge is 2.04. The first kappa shape index (κ1) is 11.2. The summed E-state index contributed by atoms with van der Waals surface area (Å²) in [6, 6.07) is 11.2. The number of hydrogen-bond donors (Lipinski definition) is 1. The Morgan fingerprint density at radius 1 is 1.00 bits per heavy atom. The summed E-state index contributed by atoms with van der Waals surface area (Å²) in [5.74, 6) is 0. The van der Waals surface area contributed by atoms with Crippen LogP contribution in [0.2, 0.25) is 10.0 Å². The molecule has 0 saturated carbocycles. The summed E-state index contributed by atoms with van der Waals surface area (Å²) in [6.07, 6.45) is 1.76. The van der Waals surface area contributed by atoms with Gasteiger partial charge >= 0.3 is 0 Å². The minimum absolute atomic E-state index is 0.601. The molecule has 0 fully saturated rings. The molecule has 2 nitrogen and oxygen atoms in total. The van der Waals surface area contributed by atoms with Crippen LogP contribution in [0, 0.1) is 0 Å². The molecule has 0 aliphatic carbocycles. The molecule has 1 heterocycles. The summed E-state index contributed by atoms with van der Waals surface area (Å²) in [7, 11) is 0. The molecule has 16 heavy (non-hydrogen) atoms. The molecular weight excluding hydrogens is 243 g/mol. The van der Waals surface area contributed by atoms with E-state index in [-0.39, 0.29) is 0 Å². The SMILES string of the molecule is Clc1cccc(Cl)c1NCc1ccccn1. The van der Waals surface area contributed by atoms with Crippen molar-refractivity contribution in [3.63, 3.8) is 0 Å². The molecule has 1 N–H and O–H groups in total. The molecule has 0 atom stereocenters. The van der Waals surface area contributed by atoms with Gasteiger partial charge in [-0.15, -0.1) is 0 Å². The number of nitrogens with zero attached hydrogens (tertiary/aromatic N) is 1. The topological polar surface area (TPSA) is 24.9 Å². The number of para-hydroxylation sites is 1. The maximum Gasteiger partial charge on any atom is 0.0722 e. The summed E-state index contributed by atoms with van der Waals surface area (Å²) in [4.78, 5) is 4.20. The monoisotopic (exact) mass is 252 g/mol. The Morgan fingerprint density at radius 3 is 2.38 bits per heavy atom. The predicted molar refractivity (Wildman–Crippen MR) is 68.0 cm³/mol. The van der Waals surface area contributed by atoms with Crippen LogP contribution in [0.15, 0.2) is 42.6 Å². The molecule has 0 aliphatic rings. The van der Waals surface area contributed by atoms with Gasteiger partial charge in [0.25, 0.3) is 0 Å². The fourth-order valence-corrected chi connectivity index (χ4v) is 1.88. The average Bonchev–Trinajstić information content (AvgIpc) is 2.30. The van der Waals surface area contributed by atoms with Crippen LogP contribution in [-0.2, 0) is 6.54 Å². The van der Waals surface area contributed by atoms with E-state index in [1.165, 1.54) is 0 Å². The highest BCUT2D eigenvalue weighted by molar-refractivity contribution is 6.39. The lowest BCUT2D eigenvalue weighted by Gasteiger charge is -2.09. The first-order valence-electron chi connectivity index (χ1n) is 4.85. The van der Waals surface area contributed by atoms with E-state index in [0.29, 0.717) is 16.6 Å². The minimum Gasteiger partial charge on any atom is -0.377 e. The zero-order valence-electron chi connectivity index (χ0n) is 8.45. The lowest BCUT2D eigenvalue weighted by Crippen LogP contribution is -2.02. The van der Waals surface area contributed by atoms with Crippen molar-refractivity contribution in [2.75, 3.05) is 5.32 Å². The second-order valence-electron chi connectivity index (χ2n) is 3.27. The Morgan fingerprint density at radius 2 is 1.75 bits per heavy atom. The Hall–Kier alpha value is -1.25. The van der Waals surface area contributed by atoms with Gasteiger partial charge in [-0.25, -0.2) is 0 Å². The zero-order chi connectivity index (χ0) is 11.4. The van der Waals surface area contributed by atoms with Crippen molar-refractivity contribution in [3.05, 3.63) is 58.3 Å². The van der Waals surface area contributed by atoms with Gasteiger partial charge in [-0.05, 0) is 24.3 Å². The van der Waals surface area contributed by atoms with E-state index in [4.69, 9.17) is 23.2 Å². The normalized spacial score (nSPS) is 10.1. The third kappa shape index (κ3) is 2.65. The molecule has 2 rings (SSSR count). The molecule has 4 heteroatoms. The van der Waals surface area contributed by atoms with E-state index in [0.717, 1.165) is 11.4 Å². The van der Waals surface area contributed by atoms with Crippen LogP contribution in [-0.4, -0.2) is 4.98 Å². The zero-order valence-corrected chi connectivity index (χ0v) is 9.96. The molecule has 0 aliphatic heterocycles. The highest BCUT2D eigenvalue weighted by atomic mass is 35.5. The van der Waals surface area contributed by atoms with Crippen molar-refractivity contribution in [1.29, 1.82) is 0 Å². The van der Waals surface area contributed by atoms with E-state index in [9.17, 15) is 0 Å². The second kappa shape index (κ2) is 5.19. The molecule has 0 bridgehead atoms. The van der Waals surface area contributed by atoms with E-state index in [2.05, 4.69) is 10.3 Å². The van der Waals surface area contributed by atoms with Gasteiger partial charge in [0.15, 0.2) is 0 Å². The molecule has 1 aromatic heterocycles. The number of aromatic nitrogens is 1. The molecule has 0 radical (unpaired) electrons. The van der Waals surface area contributed by atoms with Crippen LogP contribution >= 0.6 is 23.2 Å². The van der Waals surface area contributed by atoms with Gasteiger partial charge in [0.05, 0.1) is 28.0 Å². The summed E-state index contributed by atoms with van der Waals surface area (Å²) in [6.45, 7) is 0.601. The summed E-state index contributed by atoms with van der Waals surface area (Å²) >= 11 is 12.1. The first-order chi connectivity index (χ1) is 7.77. The van der Waals surface area contributed by atoms with Crippen LogP contribution in [0.25, 0.3) is 0 Å². The van der Waals surface area contributed by atoms with Crippen molar-refractivity contribution in [2.45, 2.75) is 6.54 Å². The summed E-state index contributed by atoms with van der Waals surface area (Å²) < 4.78 is 0. The van der Waals surface area contributed by atoms with Crippen LogP contribution < -0.4 is 5.32 Å². The van der Waals surface area contributed by atoms with E-state index >= 15 is 0 Å². The van der Waals surface area contributed by atoms with E-state index in [1.807, 2.05) is 24.3 Å². The lowest BCUT2D eigenvalue weighted by atomic mass is 10.3. The quantitative estimate of drug-likeness (QED) is 0.894. The predicted octanol–water partition coefficient (Wildman–Crippen LogP) is 4.00. The Bertz CT molecular complexity index is 451. The van der Waals surface area contributed by atoms with Crippen LogP contribution in [0.5, 0.6) is 0 Å². The van der Waals surface area contributed by atoms with Gasteiger partial charge in [0.2, 0.25) is 0 Å². The number of halogens is 2. The van der Waals surface area contributed by atoms with Crippen LogP contribution in [0.1, 0.15) is 5.69 Å². The lowest BCUT2D eigenvalue weighted by molar-refractivity contribution is 1.05. The van der Waals surface area contributed by atoms with Crippen molar-refractivity contribution in [1.82, 2.24) is 4.98 Å². The number of benzene rings is 1. The average molecular weight is 253 g/mol. The fourth-order valence-electron chi connectivity index (χ4n) is 1.35. The van der Waals surface area contributed by atoms with Crippen LogP contribution in [0.4, 0.5) is 5.69 Å². The second-order valence-corrected chi connectivity index (χ2v) is 4.09. The Balaban J connectivity index is 2.11. The van der Waals surface area contributed by atoms with Crippen molar-refractivity contribution < 1.29 is 0 Å². The van der Waals surface area contributed by atoms with Crippen molar-refractivity contribution in [3.8, 4) is 0 Å². The molecule has 1 aromatic carbocycles. The number of anilines is 1. The summed E-state index contributed by atoms with van der Waals surface area (Å²) in [5, 5.41) is 4.40. The molecule has 0 saturated heterocycles. The van der Waals surface area contributed by atoms with Gasteiger partial charge in [-0.2, -0.15) is 0 Å². The van der Waals surface area contributed by atoms with E-state index < -0.39 is 0 Å². The van der Waals surface area contributed by atoms with Gasteiger partial charge in [0, 0.05) is 6.20 Å². The van der Waals surface area contributed by atoms with Crippen molar-refractivity contribution >= 4 is 28.9 Å². The molecule has 0 amide bonds. The highest BCUT2D eigenvalue weighted by Crippen LogP contribution is 2.29. The summed E-state index contributed by atoms with van der Waals surface area (Å²) in [5.41, 5.74) is 1.69. The first-order valence-corrected chi connectivity index (χ1v) is 5.61. The number of pyridine rings is 1. The number of nitrogens with one attached hydrogen (secondary N) is 1. The molecule has 2 aromatic rings. The minimum atomic E-state index is 0.601. The third-order valence-electron chi connectivity index (χ3n) is 2.14. The van der Waals surface area contributed by atoms with Crippen molar-refractivity contribution in [2.24, 2.45) is 0 Å². The molecular formula is C12H10Cl2N2. The van der Waals surface area contributed by atoms with Crippen LogP contribution in [0.3, 0.4) is 0 Å². The molecule has 0 spiro atoms. The standard InChI is InChI=1S/C12H10Cl2N2/c13-10-5-3-6-11(14)12(10)16-8-9-4-1-2-7-15-9/h1-7,16H,8H2. The largest absolute Gasteiger partial charge is 0.377 e. The third-order valence-corrected chi connectivity index (χ3v) is 2.77. The Kier molecular flexibility index (Phi) is 3.65. The van der Waals surface area contributed by atoms with E-state index in [1.54, 1.807) is 18.3 Å². The smallest absolute Gasteiger partial charge is 0.0722 e. The van der Waals surface area contributed by atoms with Gasteiger partial charge in [0.1, 0.15) is 0 Å². The fraction of sp³-hybridized carbons (Fsp3) is 0.0833. The molecule has 82 valence electrons. The van der Waals surface area contributed by atoms with Gasteiger partial charge in [-0.1, -0.05) is 35.3 Å². The number of hydrogen-bond acceptors (Lipinski definition) is 2. The Labute approximate surface area is 104 Å². The number of rotatable bonds is 3. The molecule has 0 unspecified atom stereocenters.